The first-order chi connectivity index (χ1) is 8.69. The van der Waals surface area contributed by atoms with Gasteiger partial charge < -0.3 is 9.88 Å². The molecule has 2 nitrogen and oxygen atoms in total. The van der Waals surface area contributed by atoms with Gasteiger partial charge in [-0.2, -0.15) is 0 Å². The highest BCUT2D eigenvalue weighted by atomic mass is 32.1. The number of hydrogen-bond acceptors (Lipinski definition) is 1. The topological polar surface area (TPSA) is 17.0 Å². The van der Waals surface area contributed by atoms with Gasteiger partial charge in [0.2, 0.25) is 0 Å². The number of para-hydroxylation sites is 1. The van der Waals surface area contributed by atoms with Crippen molar-refractivity contribution >= 4 is 28.1 Å². The third-order valence-electron chi connectivity index (χ3n) is 4.10. The molecule has 1 saturated heterocycles. The number of rotatable bonds is 3. The predicted octanol–water partition coefficient (Wildman–Crippen LogP) is 3.36. The van der Waals surface area contributed by atoms with Gasteiger partial charge in [-0.15, -0.1) is 0 Å². The van der Waals surface area contributed by atoms with Crippen molar-refractivity contribution in [2.24, 2.45) is 5.41 Å². The van der Waals surface area contributed by atoms with E-state index >= 15 is 0 Å². The second-order valence-corrected chi connectivity index (χ2v) is 5.79. The highest BCUT2D eigenvalue weighted by Gasteiger charge is 2.33. The Morgan fingerprint density at radius 3 is 2.94 bits per heavy atom. The van der Waals surface area contributed by atoms with Crippen molar-refractivity contribution in [3.05, 3.63) is 36.5 Å². The Morgan fingerprint density at radius 2 is 2.17 bits per heavy atom. The molecular weight excluding hydrogens is 240 g/mol. The summed E-state index contributed by atoms with van der Waals surface area (Å²) in [5.41, 5.74) is 1.50. The Balaban J connectivity index is 1.79. The van der Waals surface area contributed by atoms with Crippen LogP contribution in [0.15, 0.2) is 36.5 Å². The fraction of sp³-hybridized carbons (Fsp3) is 0.400. The number of hydrogen-bond donors (Lipinski definition) is 1. The first-order valence-corrected chi connectivity index (χ1v) is 6.92. The Morgan fingerprint density at radius 1 is 1.33 bits per heavy atom. The normalized spacial score (nSPS) is 23.5. The van der Waals surface area contributed by atoms with Gasteiger partial charge in [-0.05, 0) is 30.4 Å². The average molecular weight is 258 g/mol. The van der Waals surface area contributed by atoms with E-state index in [4.69, 9.17) is 12.2 Å². The summed E-state index contributed by atoms with van der Waals surface area (Å²) in [6, 6.07) is 10.7. The number of nitrogens with one attached hydrogen (secondary N) is 1. The van der Waals surface area contributed by atoms with Gasteiger partial charge >= 0.3 is 0 Å². The van der Waals surface area contributed by atoms with Crippen molar-refractivity contribution in [3.63, 3.8) is 0 Å². The minimum absolute atomic E-state index is 0.181. The van der Waals surface area contributed by atoms with Crippen molar-refractivity contribution in [1.29, 1.82) is 0 Å². The molecular formula is C15H18N2S. The van der Waals surface area contributed by atoms with E-state index in [0.717, 1.165) is 30.9 Å². The van der Waals surface area contributed by atoms with Gasteiger partial charge in [-0.25, -0.2) is 0 Å². The Hall–Kier alpha value is -1.35. The van der Waals surface area contributed by atoms with Crippen LogP contribution in [0.25, 0.3) is 10.9 Å². The second kappa shape index (κ2) is 4.39. The van der Waals surface area contributed by atoms with E-state index in [-0.39, 0.29) is 5.41 Å². The van der Waals surface area contributed by atoms with Crippen molar-refractivity contribution < 1.29 is 0 Å². The number of benzene rings is 1. The zero-order valence-corrected chi connectivity index (χ0v) is 11.5. The van der Waals surface area contributed by atoms with Crippen LogP contribution in [-0.4, -0.2) is 16.1 Å². The van der Waals surface area contributed by atoms with E-state index in [9.17, 15) is 0 Å². The van der Waals surface area contributed by atoms with Gasteiger partial charge in [0.25, 0.3) is 0 Å². The second-order valence-electron chi connectivity index (χ2n) is 5.38. The third-order valence-corrected chi connectivity index (χ3v) is 4.73. The zero-order chi connectivity index (χ0) is 12.6. The van der Waals surface area contributed by atoms with Crippen molar-refractivity contribution in [2.45, 2.75) is 26.3 Å². The van der Waals surface area contributed by atoms with Gasteiger partial charge in [0.05, 0.1) is 4.99 Å². The van der Waals surface area contributed by atoms with Crippen LogP contribution in [0, 0.1) is 5.41 Å². The SMILES string of the molecule is CC1(CCn2ccc3ccccc32)CCNC1=S. The minimum Gasteiger partial charge on any atom is -0.379 e. The maximum absolute atomic E-state index is 5.42. The molecule has 2 aromatic rings. The fourth-order valence-electron chi connectivity index (χ4n) is 2.72. The molecule has 0 aliphatic carbocycles. The van der Waals surface area contributed by atoms with Crippen LogP contribution in [-0.2, 0) is 6.54 Å². The third kappa shape index (κ3) is 1.93. The maximum Gasteiger partial charge on any atom is 0.0814 e. The summed E-state index contributed by atoms with van der Waals surface area (Å²) < 4.78 is 2.33. The summed E-state index contributed by atoms with van der Waals surface area (Å²) in [5.74, 6) is 0. The molecule has 1 N–H and O–H groups in total. The van der Waals surface area contributed by atoms with E-state index in [1.54, 1.807) is 0 Å². The molecule has 1 aromatic carbocycles. The van der Waals surface area contributed by atoms with E-state index in [0.29, 0.717) is 0 Å². The maximum atomic E-state index is 5.42. The number of nitrogens with zero attached hydrogens (tertiary/aromatic N) is 1. The molecule has 1 aromatic heterocycles. The molecule has 0 saturated carbocycles. The lowest BCUT2D eigenvalue weighted by Gasteiger charge is -2.23. The van der Waals surface area contributed by atoms with Crippen LogP contribution < -0.4 is 5.32 Å². The minimum atomic E-state index is 0.181. The first kappa shape index (κ1) is 11.7. The van der Waals surface area contributed by atoms with Crippen LogP contribution >= 0.6 is 12.2 Å². The van der Waals surface area contributed by atoms with E-state index in [1.165, 1.54) is 10.9 Å². The summed E-state index contributed by atoms with van der Waals surface area (Å²) in [7, 11) is 0. The number of aromatic nitrogens is 1. The highest BCUT2D eigenvalue weighted by Crippen LogP contribution is 2.32. The van der Waals surface area contributed by atoms with Gasteiger partial charge in [-0.3, -0.25) is 0 Å². The van der Waals surface area contributed by atoms with E-state index < -0.39 is 0 Å². The van der Waals surface area contributed by atoms with Crippen molar-refractivity contribution in [2.75, 3.05) is 6.54 Å². The van der Waals surface area contributed by atoms with Crippen LogP contribution in [0.1, 0.15) is 19.8 Å². The Bertz CT molecular complexity index is 587. The molecule has 3 heteroatoms. The molecule has 1 unspecified atom stereocenters. The predicted molar refractivity (Wildman–Crippen MR) is 79.9 cm³/mol. The van der Waals surface area contributed by atoms with Gasteiger partial charge in [0.1, 0.15) is 0 Å². The fourth-order valence-corrected chi connectivity index (χ4v) is 3.03. The van der Waals surface area contributed by atoms with Crippen LogP contribution in [0.5, 0.6) is 0 Å². The monoisotopic (exact) mass is 258 g/mol. The largest absolute Gasteiger partial charge is 0.379 e. The summed E-state index contributed by atoms with van der Waals surface area (Å²) >= 11 is 5.42. The summed E-state index contributed by atoms with van der Waals surface area (Å²) in [6.45, 7) is 4.34. The smallest absolute Gasteiger partial charge is 0.0814 e. The molecule has 0 spiro atoms. The van der Waals surface area contributed by atoms with Gasteiger partial charge in [0, 0.05) is 30.2 Å². The lowest BCUT2D eigenvalue weighted by Crippen LogP contribution is -2.27. The van der Waals surface area contributed by atoms with Crippen LogP contribution in [0.4, 0.5) is 0 Å². The highest BCUT2D eigenvalue weighted by molar-refractivity contribution is 7.80. The lowest BCUT2D eigenvalue weighted by molar-refractivity contribution is 0.404. The summed E-state index contributed by atoms with van der Waals surface area (Å²) in [4.78, 5) is 1.04. The Labute approximate surface area is 113 Å². The lowest BCUT2D eigenvalue weighted by atomic mass is 9.86. The zero-order valence-electron chi connectivity index (χ0n) is 10.6. The van der Waals surface area contributed by atoms with E-state index in [1.807, 2.05) is 0 Å². The van der Waals surface area contributed by atoms with E-state index in [2.05, 4.69) is 53.3 Å². The van der Waals surface area contributed by atoms with Gasteiger partial charge in [-0.1, -0.05) is 37.3 Å². The van der Waals surface area contributed by atoms with Crippen molar-refractivity contribution in [1.82, 2.24) is 9.88 Å². The molecule has 1 aliphatic heterocycles. The molecule has 1 fully saturated rings. The van der Waals surface area contributed by atoms with Crippen LogP contribution in [0.3, 0.4) is 0 Å². The Kier molecular flexibility index (Phi) is 2.86. The molecule has 0 bridgehead atoms. The molecule has 1 atom stereocenters. The van der Waals surface area contributed by atoms with Crippen LogP contribution in [0.2, 0.25) is 0 Å². The molecule has 1 aliphatic rings. The number of aryl methyl sites for hydroxylation is 1. The van der Waals surface area contributed by atoms with Crippen molar-refractivity contribution in [3.8, 4) is 0 Å². The van der Waals surface area contributed by atoms with Gasteiger partial charge in [0.15, 0.2) is 0 Å². The standard InChI is InChI=1S/C15H18N2S/c1-15(7-9-16-14(15)18)8-11-17-10-6-12-4-2-3-5-13(12)17/h2-6,10H,7-9,11H2,1H3,(H,16,18). The first-order valence-electron chi connectivity index (χ1n) is 6.51. The summed E-state index contributed by atoms with van der Waals surface area (Å²) in [5, 5.41) is 4.61. The molecule has 0 radical (unpaired) electrons. The number of thiocarbonyl (C=S) groups is 1. The summed E-state index contributed by atoms with van der Waals surface area (Å²) in [6.07, 6.45) is 4.45. The molecule has 18 heavy (non-hydrogen) atoms. The molecule has 2 heterocycles. The molecule has 0 amide bonds. The average Bonchev–Trinajstić information content (AvgIpc) is 2.93. The molecule has 94 valence electrons. The molecule has 3 rings (SSSR count). The number of fused-ring (bicyclic) bond motifs is 1. The quantitative estimate of drug-likeness (QED) is 0.850.